The van der Waals surface area contributed by atoms with Crippen LogP contribution < -0.4 is 0 Å². The van der Waals surface area contributed by atoms with Gasteiger partial charge in [0.25, 0.3) is 0 Å². The van der Waals surface area contributed by atoms with Crippen LogP contribution in [0.1, 0.15) is 23.6 Å². The van der Waals surface area contributed by atoms with Crippen LogP contribution in [0.5, 0.6) is 0 Å². The highest BCUT2D eigenvalue weighted by molar-refractivity contribution is 7.86. The highest BCUT2D eigenvalue weighted by Crippen LogP contribution is 2.29. The molecule has 30 heavy (non-hydrogen) atoms. The largest absolute Gasteiger partial charge is 0.383 e. The standard InChI is InChI=1S/C24H20ClNO3S/c1-17-7-13-23(14-8-17)30(27,28)29-18(2)24(15-19-9-11-21(25)12-10-19)20-5-4-6-22(16-20)26-3/h4-14,16H,15H2,1-2H3. The number of rotatable bonds is 6. The summed E-state index contributed by atoms with van der Waals surface area (Å²) in [6, 6.07) is 20.9. The lowest BCUT2D eigenvalue weighted by Crippen LogP contribution is -2.07. The normalized spacial score (nSPS) is 12.1. The molecule has 4 nitrogen and oxygen atoms in total. The Hall–Kier alpha value is -3.07. The molecule has 0 aromatic heterocycles. The molecule has 6 heteroatoms. The number of hydrogen-bond donors (Lipinski definition) is 0. The van der Waals surface area contributed by atoms with E-state index in [1.807, 2.05) is 25.1 Å². The Morgan fingerprint density at radius 3 is 2.33 bits per heavy atom. The summed E-state index contributed by atoms with van der Waals surface area (Å²) in [4.78, 5) is 3.56. The smallest absolute Gasteiger partial charge is 0.338 e. The van der Waals surface area contributed by atoms with Crippen LogP contribution in [-0.2, 0) is 20.7 Å². The minimum atomic E-state index is -3.98. The van der Waals surface area contributed by atoms with Crippen molar-refractivity contribution < 1.29 is 12.6 Å². The first-order valence-corrected chi connectivity index (χ1v) is 11.0. The number of benzene rings is 3. The second-order valence-corrected chi connectivity index (χ2v) is 8.83. The quantitative estimate of drug-likeness (QED) is 0.248. The summed E-state index contributed by atoms with van der Waals surface area (Å²) in [5.74, 6) is 0.257. The molecule has 0 aliphatic heterocycles. The summed E-state index contributed by atoms with van der Waals surface area (Å²) in [7, 11) is -3.98. The molecule has 0 aliphatic rings. The second kappa shape index (κ2) is 9.17. The predicted octanol–water partition coefficient (Wildman–Crippen LogP) is 6.58. The molecule has 0 spiro atoms. The van der Waals surface area contributed by atoms with Crippen molar-refractivity contribution in [2.45, 2.75) is 25.2 Å². The van der Waals surface area contributed by atoms with E-state index in [1.165, 1.54) is 12.1 Å². The van der Waals surface area contributed by atoms with Crippen molar-refractivity contribution in [3.63, 3.8) is 0 Å². The van der Waals surface area contributed by atoms with E-state index < -0.39 is 10.1 Å². The van der Waals surface area contributed by atoms with Crippen LogP contribution >= 0.6 is 11.6 Å². The van der Waals surface area contributed by atoms with Gasteiger partial charge in [-0.1, -0.05) is 59.6 Å². The minimum Gasteiger partial charge on any atom is -0.383 e. The molecule has 0 atom stereocenters. The topological polar surface area (TPSA) is 47.7 Å². The van der Waals surface area contributed by atoms with Crippen LogP contribution in [0.3, 0.4) is 0 Å². The minimum absolute atomic E-state index is 0.0909. The summed E-state index contributed by atoms with van der Waals surface area (Å²) in [6.45, 7) is 10.8. The van der Waals surface area contributed by atoms with Crippen molar-refractivity contribution >= 4 is 33.0 Å². The molecule has 3 aromatic rings. The zero-order chi connectivity index (χ0) is 21.7. The highest BCUT2D eigenvalue weighted by atomic mass is 35.5. The lowest BCUT2D eigenvalue weighted by Gasteiger charge is -2.15. The predicted molar refractivity (Wildman–Crippen MR) is 120 cm³/mol. The maximum atomic E-state index is 12.8. The molecule has 0 radical (unpaired) electrons. The van der Waals surface area contributed by atoms with Crippen molar-refractivity contribution in [2.24, 2.45) is 0 Å². The average molecular weight is 438 g/mol. The first kappa shape index (κ1) is 21.6. The van der Waals surface area contributed by atoms with Gasteiger partial charge in [-0.15, -0.1) is 0 Å². The van der Waals surface area contributed by atoms with Gasteiger partial charge in [0.2, 0.25) is 0 Å². The second-order valence-electron chi connectivity index (χ2n) is 6.85. The van der Waals surface area contributed by atoms with Gasteiger partial charge in [0.05, 0.1) is 6.57 Å². The van der Waals surface area contributed by atoms with E-state index in [0.29, 0.717) is 22.7 Å². The highest BCUT2D eigenvalue weighted by Gasteiger charge is 2.19. The summed E-state index contributed by atoms with van der Waals surface area (Å²) < 4.78 is 31.1. The van der Waals surface area contributed by atoms with Gasteiger partial charge in [-0.3, -0.25) is 0 Å². The van der Waals surface area contributed by atoms with E-state index in [-0.39, 0.29) is 10.7 Å². The molecule has 0 amide bonds. The average Bonchev–Trinajstić information content (AvgIpc) is 2.73. The van der Waals surface area contributed by atoms with Crippen molar-refractivity contribution in [1.82, 2.24) is 0 Å². The van der Waals surface area contributed by atoms with Gasteiger partial charge < -0.3 is 4.18 Å². The monoisotopic (exact) mass is 437 g/mol. The van der Waals surface area contributed by atoms with Gasteiger partial charge in [0.1, 0.15) is 10.7 Å². The Balaban J connectivity index is 2.04. The van der Waals surface area contributed by atoms with E-state index in [1.54, 1.807) is 49.4 Å². The lowest BCUT2D eigenvalue weighted by atomic mass is 9.97. The van der Waals surface area contributed by atoms with Gasteiger partial charge in [0.15, 0.2) is 5.69 Å². The van der Waals surface area contributed by atoms with E-state index in [0.717, 1.165) is 16.7 Å². The van der Waals surface area contributed by atoms with Crippen molar-refractivity contribution in [3.8, 4) is 0 Å². The van der Waals surface area contributed by atoms with E-state index in [9.17, 15) is 8.42 Å². The van der Waals surface area contributed by atoms with E-state index >= 15 is 0 Å². The van der Waals surface area contributed by atoms with Crippen molar-refractivity contribution in [1.29, 1.82) is 0 Å². The Morgan fingerprint density at radius 1 is 1.03 bits per heavy atom. The molecule has 0 saturated carbocycles. The van der Waals surface area contributed by atoms with Gasteiger partial charge in [-0.25, -0.2) is 4.85 Å². The van der Waals surface area contributed by atoms with Crippen LogP contribution in [0.15, 0.2) is 83.5 Å². The Labute approximate surface area is 182 Å². The molecule has 3 rings (SSSR count). The van der Waals surface area contributed by atoms with Gasteiger partial charge in [0, 0.05) is 17.0 Å². The first-order chi connectivity index (χ1) is 14.3. The maximum Gasteiger partial charge on any atom is 0.338 e. The van der Waals surface area contributed by atoms with Crippen LogP contribution in [0.25, 0.3) is 10.4 Å². The fourth-order valence-corrected chi connectivity index (χ4v) is 4.09. The molecular weight excluding hydrogens is 418 g/mol. The third kappa shape index (κ3) is 5.29. The van der Waals surface area contributed by atoms with E-state index in [2.05, 4.69) is 4.85 Å². The Morgan fingerprint density at radius 2 is 1.70 bits per heavy atom. The van der Waals surface area contributed by atoms with Crippen LogP contribution in [-0.4, -0.2) is 8.42 Å². The van der Waals surface area contributed by atoms with Crippen LogP contribution in [0, 0.1) is 13.5 Å². The van der Waals surface area contributed by atoms with Gasteiger partial charge in [-0.05, 0) is 55.3 Å². The fraction of sp³-hybridized carbons (Fsp3) is 0.125. The third-order valence-corrected chi connectivity index (χ3v) is 6.16. The Bertz CT molecular complexity index is 1220. The Kier molecular flexibility index (Phi) is 6.61. The number of allylic oxidation sites excluding steroid dienone is 2. The SMILES string of the molecule is [C-]#[N+]c1cccc(C(Cc2ccc(Cl)cc2)=C(C)OS(=O)(=O)c2ccc(C)cc2)c1. The molecule has 3 aromatic carbocycles. The molecule has 0 heterocycles. The lowest BCUT2D eigenvalue weighted by molar-refractivity contribution is 0.409. The number of nitrogens with zero attached hydrogens (tertiary/aromatic N) is 1. The fourth-order valence-electron chi connectivity index (χ4n) is 2.97. The van der Waals surface area contributed by atoms with Crippen LogP contribution in [0.2, 0.25) is 5.02 Å². The van der Waals surface area contributed by atoms with Crippen molar-refractivity contribution in [2.75, 3.05) is 0 Å². The summed E-state index contributed by atoms with van der Waals surface area (Å²) in [6.07, 6.45) is 0.424. The zero-order valence-electron chi connectivity index (χ0n) is 16.6. The van der Waals surface area contributed by atoms with Crippen molar-refractivity contribution in [3.05, 3.63) is 112 Å². The van der Waals surface area contributed by atoms with Crippen LogP contribution in [0.4, 0.5) is 5.69 Å². The molecule has 0 bridgehead atoms. The molecule has 0 N–H and O–H groups in total. The summed E-state index contributed by atoms with van der Waals surface area (Å²) >= 11 is 5.98. The summed E-state index contributed by atoms with van der Waals surface area (Å²) in [5.41, 5.74) is 3.78. The van der Waals surface area contributed by atoms with E-state index in [4.69, 9.17) is 22.4 Å². The van der Waals surface area contributed by atoms with Gasteiger partial charge in [-0.2, -0.15) is 8.42 Å². The number of aryl methyl sites for hydroxylation is 1. The molecule has 0 unspecified atom stereocenters. The molecular formula is C24H20ClNO3S. The molecule has 0 fully saturated rings. The zero-order valence-corrected chi connectivity index (χ0v) is 18.2. The van der Waals surface area contributed by atoms with Gasteiger partial charge >= 0.3 is 10.1 Å². The maximum absolute atomic E-state index is 12.8. The number of hydrogen-bond acceptors (Lipinski definition) is 3. The molecule has 0 aliphatic carbocycles. The third-order valence-electron chi connectivity index (χ3n) is 4.59. The molecule has 152 valence electrons. The number of halogens is 1. The summed E-state index contributed by atoms with van der Waals surface area (Å²) in [5, 5.41) is 0.620. The first-order valence-electron chi connectivity index (χ1n) is 9.22. The molecule has 0 saturated heterocycles.